The molecule has 0 saturated carbocycles. The quantitative estimate of drug-likeness (QED) is 0.577. The number of sulfone groups is 2. The third kappa shape index (κ3) is 5.54. The number of aryl methyl sites for hydroxylation is 1. The van der Waals surface area contributed by atoms with Crippen molar-refractivity contribution in [3.8, 4) is 0 Å². The van der Waals surface area contributed by atoms with E-state index in [1.165, 1.54) is 19.1 Å². The van der Waals surface area contributed by atoms with E-state index in [0.29, 0.717) is 18.7 Å². The van der Waals surface area contributed by atoms with Crippen LogP contribution in [0.1, 0.15) is 11.1 Å². The lowest BCUT2D eigenvalue weighted by Gasteiger charge is -2.39. The third-order valence-electron chi connectivity index (χ3n) is 6.46. The molecular formula is C24H29FN2O4S2. The SMILES string of the molecule is Cc1cc(F)ccc1S(=O)(=O)[C@H]1CS(=O)(=O)C[C@@H]1N1CCN(C/C=C/c2ccccc2)CC1. The van der Waals surface area contributed by atoms with Crippen LogP contribution < -0.4 is 0 Å². The van der Waals surface area contributed by atoms with Gasteiger partial charge >= 0.3 is 0 Å². The average Bonchev–Trinajstić information content (AvgIpc) is 3.11. The Labute approximate surface area is 195 Å². The largest absolute Gasteiger partial charge is 0.297 e. The molecule has 2 heterocycles. The van der Waals surface area contributed by atoms with Crippen molar-refractivity contribution in [3.63, 3.8) is 0 Å². The Bertz CT molecular complexity index is 1220. The lowest BCUT2D eigenvalue weighted by atomic mass is 10.1. The maximum absolute atomic E-state index is 13.5. The molecule has 2 atom stereocenters. The van der Waals surface area contributed by atoms with E-state index in [2.05, 4.69) is 17.1 Å². The molecule has 0 radical (unpaired) electrons. The minimum atomic E-state index is -3.93. The van der Waals surface area contributed by atoms with Crippen LogP contribution in [0, 0.1) is 12.7 Å². The smallest absolute Gasteiger partial charge is 0.184 e. The first-order valence-corrected chi connectivity index (χ1v) is 14.4. The maximum Gasteiger partial charge on any atom is 0.184 e. The number of nitrogens with zero attached hydrogens (tertiary/aromatic N) is 2. The molecule has 2 aromatic carbocycles. The fourth-order valence-corrected chi connectivity index (χ4v) is 9.76. The van der Waals surface area contributed by atoms with Crippen LogP contribution in [-0.4, -0.2) is 82.2 Å². The van der Waals surface area contributed by atoms with Gasteiger partial charge in [-0.1, -0.05) is 42.5 Å². The van der Waals surface area contributed by atoms with E-state index in [1.54, 1.807) is 0 Å². The van der Waals surface area contributed by atoms with Crippen LogP contribution in [0.4, 0.5) is 4.39 Å². The summed E-state index contributed by atoms with van der Waals surface area (Å²) in [6, 6.07) is 13.0. The van der Waals surface area contributed by atoms with Gasteiger partial charge in [0.2, 0.25) is 0 Å². The number of hydrogen-bond donors (Lipinski definition) is 0. The first-order valence-electron chi connectivity index (χ1n) is 11.0. The van der Waals surface area contributed by atoms with E-state index in [0.717, 1.165) is 31.3 Å². The van der Waals surface area contributed by atoms with E-state index in [1.807, 2.05) is 35.2 Å². The van der Waals surface area contributed by atoms with Crippen molar-refractivity contribution in [2.75, 3.05) is 44.2 Å². The summed E-state index contributed by atoms with van der Waals surface area (Å²) in [6.07, 6.45) is 4.18. The second kappa shape index (κ2) is 9.66. The van der Waals surface area contributed by atoms with Gasteiger partial charge in [-0.15, -0.1) is 0 Å². The molecule has 0 N–H and O–H groups in total. The summed E-state index contributed by atoms with van der Waals surface area (Å²) in [5.74, 6) is -1.07. The van der Waals surface area contributed by atoms with Crippen LogP contribution >= 0.6 is 0 Å². The zero-order valence-electron chi connectivity index (χ0n) is 18.6. The number of hydrogen-bond acceptors (Lipinski definition) is 6. The zero-order valence-corrected chi connectivity index (χ0v) is 20.2. The van der Waals surface area contributed by atoms with E-state index in [-0.39, 0.29) is 10.6 Å². The summed E-state index contributed by atoms with van der Waals surface area (Å²) in [6.45, 7) is 5.00. The van der Waals surface area contributed by atoms with Crippen LogP contribution in [-0.2, 0) is 19.7 Å². The van der Waals surface area contributed by atoms with E-state index >= 15 is 0 Å². The minimum Gasteiger partial charge on any atom is -0.297 e. The van der Waals surface area contributed by atoms with Gasteiger partial charge in [0.25, 0.3) is 0 Å². The standard InChI is InChI=1S/C24H29FN2O4S2/c1-19-16-21(25)9-10-23(19)33(30,31)24-18-32(28,29)17-22(24)27-14-12-26(13-15-27)11-5-8-20-6-3-2-4-7-20/h2-10,16,22,24H,11-15,17-18H2,1H3/b8-5+/t22-,24-/m0/s1. The van der Waals surface area contributed by atoms with Crippen molar-refractivity contribution in [2.45, 2.75) is 23.1 Å². The average molecular weight is 493 g/mol. The Morgan fingerprint density at radius 2 is 1.73 bits per heavy atom. The highest BCUT2D eigenvalue weighted by atomic mass is 32.2. The van der Waals surface area contributed by atoms with Crippen molar-refractivity contribution in [1.29, 1.82) is 0 Å². The highest BCUT2D eigenvalue weighted by Crippen LogP contribution is 2.31. The first-order chi connectivity index (χ1) is 15.7. The Morgan fingerprint density at radius 1 is 1.03 bits per heavy atom. The summed E-state index contributed by atoms with van der Waals surface area (Å²) in [7, 11) is -7.41. The van der Waals surface area contributed by atoms with Gasteiger partial charge in [-0.3, -0.25) is 9.80 Å². The van der Waals surface area contributed by atoms with Crippen LogP contribution in [0.2, 0.25) is 0 Å². The van der Waals surface area contributed by atoms with Gasteiger partial charge in [0, 0.05) is 38.8 Å². The lowest BCUT2D eigenvalue weighted by molar-refractivity contribution is 0.113. The molecule has 0 spiro atoms. The van der Waals surface area contributed by atoms with E-state index in [4.69, 9.17) is 0 Å². The van der Waals surface area contributed by atoms with Gasteiger partial charge < -0.3 is 0 Å². The summed E-state index contributed by atoms with van der Waals surface area (Å²) < 4.78 is 65.3. The van der Waals surface area contributed by atoms with Crippen molar-refractivity contribution in [2.24, 2.45) is 0 Å². The van der Waals surface area contributed by atoms with Gasteiger partial charge in [0.05, 0.1) is 21.7 Å². The molecule has 0 amide bonds. The Kier molecular flexibility index (Phi) is 7.04. The molecule has 9 heteroatoms. The molecule has 0 aliphatic carbocycles. The van der Waals surface area contributed by atoms with Crippen LogP contribution in [0.15, 0.2) is 59.5 Å². The first kappa shape index (κ1) is 24.1. The van der Waals surface area contributed by atoms with Gasteiger partial charge in [-0.2, -0.15) is 0 Å². The summed E-state index contributed by atoms with van der Waals surface area (Å²) in [5, 5.41) is -1.05. The summed E-state index contributed by atoms with van der Waals surface area (Å²) >= 11 is 0. The molecule has 4 rings (SSSR count). The van der Waals surface area contributed by atoms with Crippen molar-refractivity contribution < 1.29 is 21.2 Å². The maximum atomic E-state index is 13.5. The molecule has 2 aromatic rings. The molecular weight excluding hydrogens is 463 g/mol. The molecule has 2 aliphatic heterocycles. The highest BCUT2D eigenvalue weighted by molar-refractivity contribution is 7.96. The van der Waals surface area contributed by atoms with Gasteiger partial charge in [0.15, 0.2) is 19.7 Å². The van der Waals surface area contributed by atoms with E-state index < -0.39 is 42.5 Å². The van der Waals surface area contributed by atoms with Gasteiger partial charge in [-0.25, -0.2) is 21.2 Å². The van der Waals surface area contributed by atoms with Crippen molar-refractivity contribution in [1.82, 2.24) is 9.80 Å². The molecule has 2 saturated heterocycles. The summed E-state index contributed by atoms with van der Waals surface area (Å²) in [5.41, 5.74) is 1.43. The molecule has 0 bridgehead atoms. The van der Waals surface area contributed by atoms with Crippen molar-refractivity contribution in [3.05, 3.63) is 71.6 Å². The molecule has 0 unspecified atom stereocenters. The van der Waals surface area contributed by atoms with Gasteiger partial charge in [0.1, 0.15) is 5.82 Å². The number of benzene rings is 2. The third-order valence-corrected chi connectivity index (χ3v) is 10.7. The predicted molar refractivity (Wildman–Crippen MR) is 128 cm³/mol. The topological polar surface area (TPSA) is 74.8 Å². The number of rotatable bonds is 6. The molecule has 0 aromatic heterocycles. The molecule has 178 valence electrons. The summed E-state index contributed by atoms with van der Waals surface area (Å²) in [4.78, 5) is 4.29. The second-order valence-electron chi connectivity index (χ2n) is 8.79. The Hall–Kier alpha value is -2.07. The highest BCUT2D eigenvalue weighted by Gasteiger charge is 2.48. The van der Waals surface area contributed by atoms with E-state index in [9.17, 15) is 21.2 Å². The molecule has 2 aliphatic rings. The zero-order chi connectivity index (χ0) is 23.6. The lowest BCUT2D eigenvalue weighted by Crippen LogP contribution is -2.54. The fourth-order valence-electron chi connectivity index (χ4n) is 4.71. The Morgan fingerprint density at radius 3 is 2.39 bits per heavy atom. The van der Waals surface area contributed by atoms with Crippen LogP contribution in [0.5, 0.6) is 0 Å². The van der Waals surface area contributed by atoms with Gasteiger partial charge in [-0.05, 0) is 36.2 Å². The predicted octanol–water partition coefficient (Wildman–Crippen LogP) is 2.40. The monoisotopic (exact) mass is 492 g/mol. The normalized spacial score (nSPS) is 24.4. The molecule has 6 nitrogen and oxygen atoms in total. The number of piperazine rings is 1. The minimum absolute atomic E-state index is 0.0145. The molecule has 33 heavy (non-hydrogen) atoms. The van der Waals surface area contributed by atoms with Crippen LogP contribution in [0.3, 0.4) is 0 Å². The second-order valence-corrected chi connectivity index (χ2v) is 13.1. The fraction of sp³-hybridized carbons (Fsp3) is 0.417. The molecule has 2 fully saturated rings. The number of halogens is 1. The Balaban J connectivity index is 1.45. The van der Waals surface area contributed by atoms with Crippen LogP contribution in [0.25, 0.3) is 6.08 Å². The van der Waals surface area contributed by atoms with Crippen molar-refractivity contribution >= 4 is 25.8 Å².